The summed E-state index contributed by atoms with van der Waals surface area (Å²) in [5.74, 6) is 3.00. The lowest BCUT2D eigenvalue weighted by Gasteiger charge is -2.45. The normalized spacial score (nSPS) is 25.3. The van der Waals surface area contributed by atoms with Crippen LogP contribution in [0.3, 0.4) is 0 Å². The van der Waals surface area contributed by atoms with Gasteiger partial charge in [0.15, 0.2) is 0 Å². The van der Waals surface area contributed by atoms with Gasteiger partial charge in [-0.25, -0.2) is 4.79 Å². The predicted octanol–water partition coefficient (Wildman–Crippen LogP) is 0.861. The van der Waals surface area contributed by atoms with E-state index in [0.717, 1.165) is 17.8 Å². The maximum absolute atomic E-state index is 10.9. The highest BCUT2D eigenvalue weighted by molar-refractivity contribution is 5.66. The highest BCUT2D eigenvalue weighted by Crippen LogP contribution is 2.36. The number of fused-ring (bicyclic) bond motifs is 1. The van der Waals surface area contributed by atoms with Crippen LogP contribution >= 0.6 is 0 Å². The standard InChI is InChI=1S/C13H13N3O2/c1-2-9-3-11(5-14-4-9)16-7-10-6-15(13(17)18)8-12(10)16/h1,3-5,10,12H,6-8H2,(H,17,18)/t10-,12-/m0/s1. The molecule has 5 nitrogen and oxygen atoms in total. The summed E-state index contributed by atoms with van der Waals surface area (Å²) in [6.45, 7) is 2.09. The fourth-order valence-electron chi connectivity index (χ4n) is 2.75. The number of likely N-dealkylation sites (tertiary alicyclic amines) is 1. The van der Waals surface area contributed by atoms with Gasteiger partial charge in [-0.05, 0) is 6.07 Å². The van der Waals surface area contributed by atoms with Crippen molar-refractivity contribution in [2.45, 2.75) is 6.04 Å². The van der Waals surface area contributed by atoms with Crippen LogP contribution < -0.4 is 4.90 Å². The van der Waals surface area contributed by atoms with Gasteiger partial charge in [-0.3, -0.25) is 4.98 Å². The van der Waals surface area contributed by atoms with Crippen LogP contribution in [0.2, 0.25) is 0 Å². The first kappa shape index (κ1) is 10.9. The molecule has 1 N–H and O–H groups in total. The van der Waals surface area contributed by atoms with Gasteiger partial charge in [0.1, 0.15) is 0 Å². The van der Waals surface area contributed by atoms with Crippen LogP contribution in [-0.2, 0) is 0 Å². The van der Waals surface area contributed by atoms with Crippen molar-refractivity contribution in [3.63, 3.8) is 0 Å². The first-order chi connectivity index (χ1) is 8.69. The summed E-state index contributed by atoms with van der Waals surface area (Å²) in [6, 6.07) is 2.20. The average molecular weight is 243 g/mol. The van der Waals surface area contributed by atoms with Crippen molar-refractivity contribution >= 4 is 11.8 Å². The minimum atomic E-state index is -0.833. The van der Waals surface area contributed by atoms with Crippen LogP contribution in [0.1, 0.15) is 5.56 Å². The number of pyridine rings is 1. The molecule has 0 aliphatic carbocycles. The lowest BCUT2D eigenvalue weighted by Crippen LogP contribution is -2.55. The van der Waals surface area contributed by atoms with Crippen LogP contribution in [-0.4, -0.2) is 46.8 Å². The summed E-state index contributed by atoms with van der Waals surface area (Å²) < 4.78 is 0. The summed E-state index contributed by atoms with van der Waals surface area (Å²) in [6.07, 6.45) is 7.95. The van der Waals surface area contributed by atoms with Gasteiger partial charge >= 0.3 is 6.09 Å². The number of hydrogen-bond donors (Lipinski definition) is 1. The van der Waals surface area contributed by atoms with Crippen LogP contribution in [0.4, 0.5) is 10.5 Å². The number of aromatic nitrogens is 1. The van der Waals surface area contributed by atoms with E-state index in [2.05, 4.69) is 15.8 Å². The third kappa shape index (κ3) is 1.58. The Hall–Kier alpha value is -2.22. The van der Waals surface area contributed by atoms with E-state index in [1.54, 1.807) is 12.4 Å². The fraction of sp³-hybridized carbons (Fsp3) is 0.385. The number of hydrogen-bond acceptors (Lipinski definition) is 3. The first-order valence-electron chi connectivity index (χ1n) is 5.85. The van der Waals surface area contributed by atoms with E-state index in [1.807, 2.05) is 6.07 Å². The van der Waals surface area contributed by atoms with Gasteiger partial charge in [-0.15, -0.1) is 6.42 Å². The Balaban J connectivity index is 1.77. The number of carbonyl (C=O) groups is 1. The molecule has 1 aromatic heterocycles. The Bertz CT molecular complexity index is 537. The number of terminal acetylenes is 1. The lowest BCUT2D eigenvalue weighted by molar-refractivity contribution is 0.155. The van der Waals surface area contributed by atoms with E-state index in [4.69, 9.17) is 11.5 Å². The maximum Gasteiger partial charge on any atom is 0.407 e. The van der Waals surface area contributed by atoms with Crippen molar-refractivity contribution in [2.75, 3.05) is 24.5 Å². The second kappa shape index (κ2) is 3.91. The van der Waals surface area contributed by atoms with Gasteiger partial charge in [0.05, 0.1) is 17.9 Å². The summed E-state index contributed by atoms with van der Waals surface area (Å²) in [7, 11) is 0. The molecule has 1 aromatic rings. The zero-order chi connectivity index (χ0) is 12.7. The molecule has 2 saturated heterocycles. The fourth-order valence-corrected chi connectivity index (χ4v) is 2.75. The molecule has 0 saturated carbocycles. The Morgan fingerprint density at radius 1 is 1.44 bits per heavy atom. The van der Waals surface area contributed by atoms with Gasteiger partial charge in [0, 0.05) is 37.3 Å². The SMILES string of the molecule is C#Cc1cncc(N2C[C@@H]3CN(C(=O)O)C[C@@H]32)c1. The van der Waals surface area contributed by atoms with E-state index in [9.17, 15) is 4.79 Å². The number of amides is 1. The molecule has 2 atom stereocenters. The second-order valence-corrected chi connectivity index (χ2v) is 4.74. The monoisotopic (exact) mass is 243 g/mol. The van der Waals surface area contributed by atoms with E-state index in [-0.39, 0.29) is 6.04 Å². The topological polar surface area (TPSA) is 56.7 Å². The molecule has 5 heteroatoms. The molecule has 0 radical (unpaired) electrons. The number of nitrogens with zero attached hydrogens (tertiary/aromatic N) is 3. The third-order valence-corrected chi connectivity index (χ3v) is 3.73. The molecule has 3 heterocycles. The highest BCUT2D eigenvalue weighted by atomic mass is 16.4. The zero-order valence-corrected chi connectivity index (χ0v) is 9.78. The van der Waals surface area contributed by atoms with Crippen molar-refractivity contribution in [1.82, 2.24) is 9.88 Å². The van der Waals surface area contributed by atoms with E-state index >= 15 is 0 Å². The largest absolute Gasteiger partial charge is 0.465 e. The van der Waals surface area contributed by atoms with Crippen molar-refractivity contribution in [1.29, 1.82) is 0 Å². The molecule has 0 bridgehead atoms. The number of rotatable bonds is 1. The predicted molar refractivity (Wildman–Crippen MR) is 66.4 cm³/mol. The highest BCUT2D eigenvalue weighted by Gasteiger charge is 2.47. The molecule has 0 spiro atoms. The second-order valence-electron chi connectivity index (χ2n) is 4.74. The number of anilines is 1. The van der Waals surface area contributed by atoms with Crippen LogP contribution in [0.5, 0.6) is 0 Å². The summed E-state index contributed by atoms with van der Waals surface area (Å²) in [5, 5.41) is 8.98. The number of carboxylic acid groups (broad SMARTS) is 1. The van der Waals surface area contributed by atoms with Gasteiger partial charge in [0.25, 0.3) is 0 Å². The van der Waals surface area contributed by atoms with E-state index in [1.165, 1.54) is 4.90 Å². The molecule has 18 heavy (non-hydrogen) atoms. The minimum Gasteiger partial charge on any atom is -0.465 e. The average Bonchev–Trinajstić information content (AvgIpc) is 2.68. The molecule has 2 aliphatic heterocycles. The Morgan fingerprint density at radius 3 is 3.00 bits per heavy atom. The molecule has 0 aromatic carbocycles. The first-order valence-corrected chi connectivity index (χ1v) is 5.85. The lowest BCUT2D eigenvalue weighted by atomic mass is 9.91. The molecule has 3 rings (SSSR count). The Morgan fingerprint density at radius 2 is 2.28 bits per heavy atom. The van der Waals surface area contributed by atoms with Crippen molar-refractivity contribution in [3.8, 4) is 12.3 Å². The molecule has 1 amide bonds. The molecule has 2 fully saturated rings. The maximum atomic E-state index is 10.9. The van der Waals surface area contributed by atoms with Gasteiger partial charge in [0.2, 0.25) is 0 Å². The molecule has 0 unspecified atom stereocenters. The smallest absolute Gasteiger partial charge is 0.407 e. The van der Waals surface area contributed by atoms with E-state index < -0.39 is 6.09 Å². The summed E-state index contributed by atoms with van der Waals surface area (Å²) in [5.41, 5.74) is 1.74. The molecule has 92 valence electrons. The van der Waals surface area contributed by atoms with E-state index in [0.29, 0.717) is 19.0 Å². The van der Waals surface area contributed by atoms with Crippen LogP contribution in [0, 0.1) is 18.3 Å². The van der Waals surface area contributed by atoms with Gasteiger partial charge < -0.3 is 14.9 Å². The molecular weight excluding hydrogens is 230 g/mol. The van der Waals surface area contributed by atoms with Crippen LogP contribution in [0.25, 0.3) is 0 Å². The summed E-state index contributed by atoms with van der Waals surface area (Å²) >= 11 is 0. The van der Waals surface area contributed by atoms with Crippen LogP contribution in [0.15, 0.2) is 18.5 Å². The van der Waals surface area contributed by atoms with Crippen molar-refractivity contribution < 1.29 is 9.90 Å². The quantitative estimate of drug-likeness (QED) is 0.743. The minimum absolute atomic E-state index is 0.274. The molecular formula is C13H13N3O2. The summed E-state index contributed by atoms with van der Waals surface area (Å²) in [4.78, 5) is 18.7. The zero-order valence-electron chi connectivity index (χ0n) is 9.78. The van der Waals surface area contributed by atoms with Gasteiger partial charge in [-0.1, -0.05) is 5.92 Å². The Labute approximate surface area is 105 Å². The third-order valence-electron chi connectivity index (χ3n) is 3.73. The Kier molecular flexibility index (Phi) is 2.37. The van der Waals surface area contributed by atoms with Crippen molar-refractivity contribution in [2.24, 2.45) is 5.92 Å². The van der Waals surface area contributed by atoms with Gasteiger partial charge in [-0.2, -0.15) is 0 Å². The molecule has 2 aliphatic rings. The van der Waals surface area contributed by atoms with Crippen molar-refractivity contribution in [3.05, 3.63) is 24.0 Å².